The Morgan fingerprint density at radius 2 is 1.92 bits per heavy atom. The van der Waals surface area contributed by atoms with Crippen molar-refractivity contribution in [2.75, 3.05) is 6.61 Å². The van der Waals surface area contributed by atoms with Crippen LogP contribution in [-0.4, -0.2) is 33.3 Å². The van der Waals surface area contributed by atoms with Crippen molar-refractivity contribution in [2.45, 2.75) is 77.4 Å². The molecule has 0 radical (unpaired) electrons. The smallest absolute Gasteiger partial charge is 0.337 e. The highest BCUT2D eigenvalue weighted by molar-refractivity contribution is 6.08. The van der Waals surface area contributed by atoms with E-state index in [1.54, 1.807) is 0 Å². The summed E-state index contributed by atoms with van der Waals surface area (Å²) in [6.07, 6.45) is 6.33. The number of hydrogen-bond donors (Lipinski definition) is 1. The molecular formula is C32H34N2O4. The Morgan fingerprint density at radius 1 is 1.13 bits per heavy atom. The average Bonchev–Trinajstić information content (AvgIpc) is 3.42. The number of fused-ring (bicyclic) bond motifs is 1. The Balaban J connectivity index is 1.68. The summed E-state index contributed by atoms with van der Waals surface area (Å²) in [6.45, 7) is 8.26. The number of pyridine rings is 2. The van der Waals surface area contributed by atoms with Crippen molar-refractivity contribution in [2.24, 2.45) is 0 Å². The molecule has 2 aromatic carbocycles. The van der Waals surface area contributed by atoms with E-state index in [9.17, 15) is 9.90 Å². The average molecular weight is 511 g/mol. The molecule has 1 N–H and O–H groups in total. The molecule has 0 amide bonds. The minimum absolute atomic E-state index is 0.484. The second-order valence-corrected chi connectivity index (χ2v) is 11.6. The number of ether oxygens (including phenoxy) is 2. The van der Waals surface area contributed by atoms with Gasteiger partial charge >= 0.3 is 5.97 Å². The van der Waals surface area contributed by atoms with Crippen LogP contribution < -0.4 is 4.74 Å². The first-order valence-electron chi connectivity index (χ1n) is 13.6. The van der Waals surface area contributed by atoms with Gasteiger partial charge in [-0.05, 0) is 87.6 Å². The van der Waals surface area contributed by atoms with Gasteiger partial charge in [0.15, 0.2) is 6.10 Å². The monoisotopic (exact) mass is 510 g/mol. The van der Waals surface area contributed by atoms with E-state index in [1.807, 2.05) is 58.2 Å². The van der Waals surface area contributed by atoms with E-state index in [0.717, 1.165) is 56.4 Å². The minimum atomic E-state index is -1.15. The number of carbonyl (C=O) groups is 1. The third-order valence-corrected chi connectivity index (χ3v) is 7.83. The molecule has 2 aromatic heterocycles. The van der Waals surface area contributed by atoms with Crippen LogP contribution in [0.2, 0.25) is 0 Å². The number of carboxylic acid groups (broad SMARTS) is 1. The largest absolute Gasteiger partial charge is 0.493 e. The van der Waals surface area contributed by atoms with Crippen molar-refractivity contribution in [1.82, 2.24) is 9.97 Å². The van der Waals surface area contributed by atoms with Gasteiger partial charge in [-0.15, -0.1) is 0 Å². The fourth-order valence-corrected chi connectivity index (χ4v) is 6.20. The number of aliphatic carboxylic acids is 1. The molecule has 4 aromatic rings. The molecule has 6 heteroatoms. The molecule has 3 heterocycles. The summed E-state index contributed by atoms with van der Waals surface area (Å²) < 4.78 is 12.2. The highest BCUT2D eigenvalue weighted by Crippen LogP contribution is 2.45. The molecule has 1 atom stereocenters. The van der Waals surface area contributed by atoms with Gasteiger partial charge in [0.2, 0.25) is 0 Å². The van der Waals surface area contributed by atoms with Crippen molar-refractivity contribution in [3.05, 3.63) is 65.0 Å². The SMILES string of the molecule is Cc1cc2nc(C3CCCC3)ccc2c(-c2ccc3c4c(ccnc24)CCO3)c1[C@H](OC(C)(C)C)C(=O)O. The van der Waals surface area contributed by atoms with Crippen LogP contribution >= 0.6 is 0 Å². The van der Waals surface area contributed by atoms with Gasteiger partial charge in [0, 0.05) is 46.1 Å². The Morgan fingerprint density at radius 3 is 2.66 bits per heavy atom. The molecule has 196 valence electrons. The van der Waals surface area contributed by atoms with Gasteiger partial charge in [-0.3, -0.25) is 9.97 Å². The summed E-state index contributed by atoms with van der Waals surface area (Å²) in [5.74, 6) is 0.287. The predicted octanol–water partition coefficient (Wildman–Crippen LogP) is 7.29. The molecule has 0 spiro atoms. The standard InChI is InChI=1S/C32H34N2O4/c1-18-17-24-21(9-11-23(34-24)19-7-5-6-8-19)28(26(18)30(31(35)36)38-32(2,3)4)22-10-12-25-27-20(14-16-37-25)13-15-33-29(22)27/h9-13,15,17,19,30H,5-8,14,16H2,1-4H3,(H,35,36)/t30-/m0/s1. The summed E-state index contributed by atoms with van der Waals surface area (Å²) in [5.41, 5.74) is 6.54. The molecule has 0 unspecified atom stereocenters. The molecule has 0 saturated heterocycles. The highest BCUT2D eigenvalue weighted by Gasteiger charge is 2.33. The lowest BCUT2D eigenvalue weighted by Gasteiger charge is -2.29. The molecule has 1 fully saturated rings. The van der Waals surface area contributed by atoms with Gasteiger partial charge in [-0.1, -0.05) is 18.9 Å². The molecule has 1 aliphatic carbocycles. The quantitative estimate of drug-likeness (QED) is 0.304. The Hall–Kier alpha value is -3.51. The van der Waals surface area contributed by atoms with Crippen molar-refractivity contribution in [3.8, 4) is 16.9 Å². The number of nitrogens with zero attached hydrogens (tertiary/aromatic N) is 2. The zero-order valence-electron chi connectivity index (χ0n) is 22.5. The second-order valence-electron chi connectivity index (χ2n) is 11.6. The van der Waals surface area contributed by atoms with Gasteiger partial charge < -0.3 is 14.6 Å². The number of benzene rings is 2. The van der Waals surface area contributed by atoms with Crippen molar-refractivity contribution < 1.29 is 19.4 Å². The van der Waals surface area contributed by atoms with Gasteiger partial charge in [-0.25, -0.2) is 4.79 Å². The zero-order valence-corrected chi connectivity index (χ0v) is 22.5. The molecular weight excluding hydrogens is 476 g/mol. The molecule has 6 rings (SSSR count). The van der Waals surface area contributed by atoms with Crippen LogP contribution in [0.1, 0.15) is 80.9 Å². The lowest BCUT2D eigenvalue weighted by molar-refractivity contribution is -0.160. The maximum atomic E-state index is 12.7. The maximum Gasteiger partial charge on any atom is 0.337 e. The van der Waals surface area contributed by atoms with Crippen molar-refractivity contribution >= 4 is 27.8 Å². The zero-order chi connectivity index (χ0) is 26.6. The van der Waals surface area contributed by atoms with Crippen LogP contribution in [0.5, 0.6) is 5.75 Å². The fourth-order valence-electron chi connectivity index (χ4n) is 6.20. The number of aromatic nitrogens is 2. The van der Waals surface area contributed by atoms with Crippen LogP contribution in [-0.2, 0) is 16.0 Å². The molecule has 38 heavy (non-hydrogen) atoms. The minimum Gasteiger partial charge on any atom is -0.493 e. The summed E-state index contributed by atoms with van der Waals surface area (Å²) in [4.78, 5) is 22.7. The summed E-state index contributed by atoms with van der Waals surface area (Å²) >= 11 is 0. The molecule has 6 nitrogen and oxygen atoms in total. The highest BCUT2D eigenvalue weighted by atomic mass is 16.5. The van der Waals surface area contributed by atoms with Crippen LogP contribution in [0.3, 0.4) is 0 Å². The van der Waals surface area contributed by atoms with E-state index >= 15 is 0 Å². The van der Waals surface area contributed by atoms with Gasteiger partial charge in [0.25, 0.3) is 0 Å². The normalized spacial score (nSPS) is 16.6. The number of hydrogen-bond acceptors (Lipinski definition) is 5. The van der Waals surface area contributed by atoms with Crippen LogP contribution in [0.25, 0.3) is 32.9 Å². The number of rotatable bonds is 5. The Kier molecular flexibility index (Phi) is 6.10. The van der Waals surface area contributed by atoms with Crippen LogP contribution in [0, 0.1) is 6.92 Å². The Labute approximate surface area is 223 Å². The maximum absolute atomic E-state index is 12.7. The first-order chi connectivity index (χ1) is 18.2. The Bertz CT molecular complexity index is 1550. The first-order valence-corrected chi connectivity index (χ1v) is 13.6. The van der Waals surface area contributed by atoms with Crippen LogP contribution in [0.4, 0.5) is 0 Å². The van der Waals surface area contributed by atoms with Gasteiger partial charge in [-0.2, -0.15) is 0 Å². The van der Waals surface area contributed by atoms with Gasteiger partial charge in [0.1, 0.15) is 5.75 Å². The lowest BCUT2D eigenvalue weighted by Crippen LogP contribution is -2.28. The predicted molar refractivity (Wildman–Crippen MR) is 149 cm³/mol. The lowest BCUT2D eigenvalue weighted by atomic mass is 9.86. The topological polar surface area (TPSA) is 81.5 Å². The fraction of sp³-hybridized carbons (Fsp3) is 0.406. The van der Waals surface area contributed by atoms with E-state index < -0.39 is 17.7 Å². The molecule has 2 aliphatic rings. The van der Waals surface area contributed by atoms with Crippen molar-refractivity contribution in [3.63, 3.8) is 0 Å². The summed E-state index contributed by atoms with van der Waals surface area (Å²) in [7, 11) is 0. The molecule has 0 bridgehead atoms. The van der Waals surface area contributed by atoms with Gasteiger partial charge in [0.05, 0.1) is 23.2 Å². The number of aryl methyl sites for hydroxylation is 1. The number of carboxylic acids is 1. The second kappa shape index (κ2) is 9.35. The van der Waals surface area contributed by atoms with E-state index in [4.69, 9.17) is 19.4 Å². The van der Waals surface area contributed by atoms with Crippen LogP contribution in [0.15, 0.2) is 42.6 Å². The summed E-state index contributed by atoms with van der Waals surface area (Å²) in [5, 5.41) is 12.3. The van der Waals surface area contributed by atoms with Crippen molar-refractivity contribution in [1.29, 1.82) is 0 Å². The summed E-state index contributed by atoms with van der Waals surface area (Å²) in [6, 6.07) is 12.3. The first kappa shape index (κ1) is 24.8. The van der Waals surface area contributed by atoms with E-state index in [0.29, 0.717) is 18.1 Å². The van der Waals surface area contributed by atoms with E-state index in [-0.39, 0.29) is 0 Å². The van der Waals surface area contributed by atoms with E-state index in [1.165, 1.54) is 31.2 Å². The molecule has 1 saturated carbocycles. The third-order valence-electron chi connectivity index (χ3n) is 7.83. The van der Waals surface area contributed by atoms with E-state index in [2.05, 4.69) is 12.1 Å². The third kappa shape index (κ3) is 4.31. The molecule has 1 aliphatic heterocycles.